The van der Waals surface area contributed by atoms with Gasteiger partial charge in [-0.2, -0.15) is 5.26 Å². The third-order valence-corrected chi connectivity index (χ3v) is 6.20. The van der Waals surface area contributed by atoms with E-state index >= 15 is 0 Å². The zero-order valence-corrected chi connectivity index (χ0v) is 19.4. The van der Waals surface area contributed by atoms with Crippen molar-refractivity contribution in [2.24, 2.45) is 0 Å². The molecule has 2 aromatic carbocycles. The number of rotatable bonds is 6. The largest absolute Gasteiger partial charge is 0.497 e. The molecule has 0 saturated carbocycles. The minimum atomic E-state index is -0.523. The lowest BCUT2D eigenvalue weighted by atomic mass is 10.2. The van der Waals surface area contributed by atoms with Gasteiger partial charge >= 0.3 is 0 Å². The molecule has 1 amide bonds. The van der Waals surface area contributed by atoms with Crippen molar-refractivity contribution in [1.29, 1.82) is 5.26 Å². The van der Waals surface area contributed by atoms with E-state index in [4.69, 9.17) is 21.1 Å². The molecule has 0 bridgehead atoms. The molecule has 0 unspecified atom stereocenters. The van der Waals surface area contributed by atoms with E-state index in [2.05, 4.69) is 15.2 Å². The zero-order valence-electron chi connectivity index (χ0n) is 17.9. The van der Waals surface area contributed by atoms with Gasteiger partial charge in [0.15, 0.2) is 0 Å². The van der Waals surface area contributed by atoms with E-state index in [0.29, 0.717) is 42.7 Å². The monoisotopic (exact) mass is 480 g/mol. The van der Waals surface area contributed by atoms with Crippen LogP contribution >= 0.6 is 22.9 Å². The number of aromatic nitrogens is 1. The van der Waals surface area contributed by atoms with Crippen molar-refractivity contribution < 1.29 is 14.3 Å². The standard InChI is InChI=1S/C24H21ClN4O3S/c1-31-20-4-2-3-16(12-20)24-27-19(15-33-24)11-17(14-26)23(30)28-21-13-18(25)5-6-22(21)29-7-9-32-10-8-29/h2-6,11-13,15H,7-10H2,1H3,(H,28,30)/b17-11-. The van der Waals surface area contributed by atoms with Crippen molar-refractivity contribution in [3.05, 3.63) is 64.1 Å². The van der Waals surface area contributed by atoms with Gasteiger partial charge in [0.2, 0.25) is 0 Å². The van der Waals surface area contributed by atoms with Crippen LogP contribution in [0.4, 0.5) is 11.4 Å². The van der Waals surface area contributed by atoms with Crippen molar-refractivity contribution in [3.8, 4) is 22.4 Å². The van der Waals surface area contributed by atoms with Crippen LogP contribution in [-0.4, -0.2) is 44.3 Å². The number of nitriles is 1. The molecule has 1 aromatic heterocycles. The first-order valence-electron chi connectivity index (χ1n) is 10.2. The fourth-order valence-electron chi connectivity index (χ4n) is 3.42. The van der Waals surface area contributed by atoms with Gasteiger partial charge in [0.1, 0.15) is 22.4 Å². The molecule has 9 heteroatoms. The summed E-state index contributed by atoms with van der Waals surface area (Å²) in [5, 5.41) is 15.5. The molecule has 33 heavy (non-hydrogen) atoms. The van der Waals surface area contributed by atoms with E-state index in [1.165, 1.54) is 17.4 Å². The first-order chi connectivity index (χ1) is 16.1. The van der Waals surface area contributed by atoms with Gasteiger partial charge in [-0.1, -0.05) is 23.7 Å². The number of carbonyl (C=O) groups excluding carboxylic acids is 1. The first kappa shape index (κ1) is 22.8. The molecule has 1 fully saturated rings. The lowest BCUT2D eigenvalue weighted by molar-refractivity contribution is -0.112. The van der Waals surface area contributed by atoms with Gasteiger partial charge in [0.25, 0.3) is 5.91 Å². The van der Waals surface area contributed by atoms with Crippen molar-refractivity contribution in [2.75, 3.05) is 43.6 Å². The van der Waals surface area contributed by atoms with Gasteiger partial charge in [-0.25, -0.2) is 4.98 Å². The number of nitrogens with one attached hydrogen (secondary N) is 1. The van der Waals surface area contributed by atoms with Gasteiger partial charge < -0.3 is 19.7 Å². The molecule has 1 aliphatic rings. The molecule has 1 aliphatic heterocycles. The summed E-state index contributed by atoms with van der Waals surface area (Å²) in [7, 11) is 1.61. The van der Waals surface area contributed by atoms with Crippen LogP contribution in [0.1, 0.15) is 5.69 Å². The number of methoxy groups -OCH3 is 1. The summed E-state index contributed by atoms with van der Waals surface area (Å²) in [4.78, 5) is 19.6. The van der Waals surface area contributed by atoms with Crippen LogP contribution in [0, 0.1) is 11.3 Å². The van der Waals surface area contributed by atoms with Crippen LogP contribution in [0.25, 0.3) is 16.6 Å². The number of halogens is 1. The SMILES string of the molecule is COc1cccc(-c2nc(/C=C(/C#N)C(=O)Nc3cc(Cl)ccc3N3CCOCC3)cs2)c1. The van der Waals surface area contributed by atoms with Crippen LogP contribution in [0.2, 0.25) is 5.02 Å². The van der Waals surface area contributed by atoms with Crippen LogP contribution in [0.3, 0.4) is 0 Å². The second-order valence-electron chi connectivity index (χ2n) is 7.19. The number of benzene rings is 2. The smallest absolute Gasteiger partial charge is 0.266 e. The van der Waals surface area contributed by atoms with E-state index in [0.717, 1.165) is 22.0 Å². The van der Waals surface area contributed by atoms with Gasteiger partial charge in [0, 0.05) is 29.1 Å². The highest BCUT2D eigenvalue weighted by molar-refractivity contribution is 7.13. The molecule has 1 saturated heterocycles. The van der Waals surface area contributed by atoms with Gasteiger partial charge in [-0.05, 0) is 36.4 Å². The van der Waals surface area contributed by atoms with Crippen LogP contribution < -0.4 is 15.0 Å². The quantitative estimate of drug-likeness (QED) is 0.400. The molecule has 3 aromatic rings. The molecule has 0 spiro atoms. The van der Waals surface area contributed by atoms with E-state index in [-0.39, 0.29) is 5.57 Å². The van der Waals surface area contributed by atoms with Crippen molar-refractivity contribution in [2.45, 2.75) is 0 Å². The minimum Gasteiger partial charge on any atom is -0.497 e. The summed E-state index contributed by atoms with van der Waals surface area (Å²) >= 11 is 7.60. The molecule has 7 nitrogen and oxygen atoms in total. The highest BCUT2D eigenvalue weighted by Crippen LogP contribution is 2.31. The average Bonchev–Trinajstić information content (AvgIpc) is 3.32. The number of hydrogen-bond donors (Lipinski definition) is 1. The Hall–Kier alpha value is -3.38. The lowest BCUT2D eigenvalue weighted by Crippen LogP contribution is -2.36. The Labute approximate surface area is 200 Å². The normalized spacial score (nSPS) is 14.0. The highest BCUT2D eigenvalue weighted by Gasteiger charge is 2.18. The van der Waals surface area contributed by atoms with E-state index < -0.39 is 5.91 Å². The average molecular weight is 481 g/mol. The number of thiazole rings is 1. The molecule has 168 valence electrons. The summed E-state index contributed by atoms with van der Waals surface area (Å²) in [5.74, 6) is 0.208. The van der Waals surface area contributed by atoms with Crippen molar-refractivity contribution in [3.63, 3.8) is 0 Å². The second-order valence-corrected chi connectivity index (χ2v) is 8.49. The Bertz CT molecular complexity index is 1230. The van der Waals surface area contributed by atoms with Gasteiger partial charge in [-0.15, -0.1) is 11.3 Å². The Kier molecular flexibility index (Phi) is 7.25. The summed E-state index contributed by atoms with van der Waals surface area (Å²) in [5.41, 5.74) is 2.76. The van der Waals surface area contributed by atoms with Crippen LogP contribution in [0.5, 0.6) is 5.75 Å². The predicted octanol–water partition coefficient (Wildman–Crippen LogP) is 4.85. The molecule has 1 N–H and O–H groups in total. The molecular formula is C24H21ClN4O3S. The van der Waals surface area contributed by atoms with E-state index in [9.17, 15) is 10.1 Å². The van der Waals surface area contributed by atoms with Gasteiger partial charge in [-0.3, -0.25) is 4.79 Å². The fourth-order valence-corrected chi connectivity index (χ4v) is 4.36. The number of hydrogen-bond acceptors (Lipinski definition) is 7. The highest BCUT2D eigenvalue weighted by atomic mass is 35.5. The summed E-state index contributed by atoms with van der Waals surface area (Å²) in [6.45, 7) is 2.63. The predicted molar refractivity (Wildman–Crippen MR) is 131 cm³/mol. The zero-order chi connectivity index (χ0) is 23.2. The van der Waals surface area contributed by atoms with Crippen molar-refractivity contribution >= 4 is 46.3 Å². The topological polar surface area (TPSA) is 87.5 Å². The molecule has 0 atom stereocenters. The van der Waals surface area contributed by atoms with E-state index in [1.54, 1.807) is 24.6 Å². The van der Waals surface area contributed by atoms with Crippen LogP contribution in [-0.2, 0) is 9.53 Å². The Morgan fingerprint density at radius 1 is 1.30 bits per heavy atom. The number of amides is 1. The maximum absolute atomic E-state index is 12.9. The Balaban J connectivity index is 1.55. The summed E-state index contributed by atoms with van der Waals surface area (Å²) in [6, 6.07) is 14.9. The molecule has 0 radical (unpaired) electrons. The molecule has 4 rings (SSSR count). The fraction of sp³-hybridized carbons (Fsp3) is 0.208. The maximum Gasteiger partial charge on any atom is 0.266 e. The Morgan fingerprint density at radius 3 is 2.88 bits per heavy atom. The molecule has 0 aliphatic carbocycles. The molecule has 2 heterocycles. The maximum atomic E-state index is 12.9. The second kappa shape index (κ2) is 10.5. The van der Waals surface area contributed by atoms with Crippen LogP contribution in [0.15, 0.2) is 53.4 Å². The number of morpholine rings is 1. The first-order valence-corrected chi connectivity index (χ1v) is 11.5. The Morgan fingerprint density at radius 2 is 2.12 bits per heavy atom. The van der Waals surface area contributed by atoms with Crippen molar-refractivity contribution in [1.82, 2.24) is 4.98 Å². The third-order valence-electron chi connectivity index (χ3n) is 5.05. The lowest BCUT2D eigenvalue weighted by Gasteiger charge is -2.30. The molecular weight excluding hydrogens is 460 g/mol. The number of nitrogens with zero attached hydrogens (tertiary/aromatic N) is 3. The summed E-state index contributed by atoms with van der Waals surface area (Å²) < 4.78 is 10.7. The number of ether oxygens (including phenoxy) is 2. The van der Waals surface area contributed by atoms with E-state index in [1.807, 2.05) is 36.4 Å². The number of anilines is 2. The summed E-state index contributed by atoms with van der Waals surface area (Å²) in [6.07, 6.45) is 1.48. The van der Waals surface area contributed by atoms with Gasteiger partial charge in [0.05, 0.1) is 37.4 Å². The minimum absolute atomic E-state index is 0.0506. The number of carbonyl (C=O) groups is 1. The third kappa shape index (κ3) is 5.52.